The number of anilines is 9. The third-order valence-electron chi connectivity index (χ3n) is 21.3. The Morgan fingerprint density at radius 3 is 1.68 bits per heavy atom. The van der Waals surface area contributed by atoms with E-state index in [0.717, 1.165) is 122 Å². The molecule has 424 valence electrons. The number of fused-ring (bicyclic) bond motifs is 12. The molecule has 0 saturated heterocycles. The molecule has 4 heterocycles. The molecule has 3 aliphatic carbocycles. The summed E-state index contributed by atoms with van der Waals surface area (Å²) in [6, 6.07) is 42.7. The topological polar surface area (TPSA) is 36.0 Å². The van der Waals surface area contributed by atoms with Gasteiger partial charge < -0.3 is 23.5 Å². The van der Waals surface area contributed by atoms with Crippen LogP contribution in [0.3, 0.4) is 0 Å². The molecule has 15 rings (SSSR count). The predicted octanol–water partition coefficient (Wildman–Crippen LogP) is 20.2. The number of hydrogen-bond acceptors (Lipinski definition) is 5. The lowest BCUT2D eigenvalue weighted by atomic mass is 9.35. The molecular weight excluding hydrogens is 1020 g/mol. The van der Waals surface area contributed by atoms with Crippen LogP contribution in [0.1, 0.15) is 188 Å². The van der Waals surface area contributed by atoms with E-state index in [1.54, 1.807) is 0 Å². The summed E-state index contributed by atoms with van der Waals surface area (Å²) in [5, 5.41) is 3.11. The lowest BCUT2D eigenvalue weighted by molar-refractivity contribution is 0.332. The molecule has 2 aromatic heterocycles. The van der Waals surface area contributed by atoms with Gasteiger partial charge in [-0.3, -0.25) is 0 Å². The van der Waals surface area contributed by atoms with Gasteiger partial charge in [0.2, 0.25) is 0 Å². The number of hydrogen-bond donors (Lipinski definition) is 0. The van der Waals surface area contributed by atoms with Gasteiger partial charge in [-0.2, -0.15) is 0 Å². The van der Waals surface area contributed by atoms with Crippen molar-refractivity contribution in [1.82, 2.24) is 0 Å². The van der Waals surface area contributed by atoms with Crippen molar-refractivity contribution < 1.29 is 15.7 Å². The van der Waals surface area contributed by atoms with Crippen LogP contribution in [0.15, 0.2) is 160 Å². The minimum absolute atomic E-state index is 0.0434. The first-order valence-corrected chi connectivity index (χ1v) is 30.9. The average molecular weight is 1110 g/mol. The van der Waals surface area contributed by atoms with Crippen LogP contribution in [-0.2, 0) is 37.9 Å². The summed E-state index contributed by atoms with van der Waals surface area (Å²) < 4.78 is 62.1. The minimum atomic E-state index is -0.441. The van der Waals surface area contributed by atoms with Gasteiger partial charge in [0.1, 0.15) is 11.2 Å². The Morgan fingerprint density at radius 2 is 1.04 bits per heavy atom. The van der Waals surface area contributed by atoms with Gasteiger partial charge in [0, 0.05) is 50.3 Å². The monoisotopic (exact) mass is 1110 g/mol. The van der Waals surface area contributed by atoms with E-state index in [-0.39, 0.29) is 55.7 Å². The molecule has 10 aromatic rings. The van der Waals surface area contributed by atoms with Crippen LogP contribution < -0.4 is 31.3 Å². The molecule has 0 atom stereocenters. The van der Waals surface area contributed by atoms with E-state index in [0.29, 0.717) is 11.4 Å². The summed E-state index contributed by atoms with van der Waals surface area (Å²) in [4.78, 5) is 6.83. The van der Waals surface area contributed by atoms with E-state index in [1.807, 2.05) is 35.2 Å². The Labute approximate surface area is 506 Å². The Morgan fingerprint density at radius 1 is 0.452 bits per heavy atom. The van der Waals surface area contributed by atoms with Crippen molar-refractivity contribution in [3.63, 3.8) is 0 Å². The minimum Gasteiger partial charge on any atom is -0.468 e. The van der Waals surface area contributed by atoms with Gasteiger partial charge in [-0.05, 0) is 211 Å². The van der Waals surface area contributed by atoms with Crippen LogP contribution >= 0.6 is 0 Å². The van der Waals surface area contributed by atoms with Gasteiger partial charge in [0.15, 0.2) is 5.58 Å². The number of benzene rings is 8. The quantitative estimate of drug-likeness (QED) is 0.161. The van der Waals surface area contributed by atoms with Crippen molar-refractivity contribution >= 4 is 107 Å². The molecule has 0 bridgehead atoms. The zero-order chi connectivity index (χ0) is 62.9. The summed E-state index contributed by atoms with van der Waals surface area (Å²) in [5.74, 6) is 0. The lowest BCUT2D eigenvalue weighted by Gasteiger charge is -2.47. The van der Waals surface area contributed by atoms with E-state index in [2.05, 4.69) is 205 Å². The van der Waals surface area contributed by atoms with Crippen LogP contribution in [0.4, 0.5) is 51.2 Å². The van der Waals surface area contributed by atoms with Crippen molar-refractivity contribution in [3.05, 3.63) is 190 Å². The average Bonchev–Trinajstić information content (AvgIpc) is 1.68. The summed E-state index contributed by atoms with van der Waals surface area (Å²) >= 11 is 0. The Bertz CT molecular complexity index is 4680. The normalized spacial score (nSPS) is 19.9. The molecule has 0 unspecified atom stereocenters. The Hall–Kier alpha value is -7.44. The number of para-hydroxylation sites is 3. The molecule has 0 fully saturated rings. The maximum absolute atomic E-state index is 9.79. The highest BCUT2D eigenvalue weighted by Gasteiger charge is 2.51. The molecule has 2 aliphatic heterocycles. The highest BCUT2D eigenvalue weighted by molar-refractivity contribution is 7.00. The maximum Gasteiger partial charge on any atom is 0.297 e. The molecule has 0 amide bonds. The summed E-state index contributed by atoms with van der Waals surface area (Å²) in [6.07, 6.45) is 6.30. The fraction of sp³-hybridized carbons (Fsp3) is 0.359. The fourth-order valence-corrected chi connectivity index (χ4v) is 15.7. The Balaban J connectivity index is 1.15. The summed E-state index contributed by atoms with van der Waals surface area (Å²) in [7, 11) is 0. The second kappa shape index (κ2) is 17.6. The zero-order valence-corrected chi connectivity index (χ0v) is 52.0. The second-order valence-electron chi connectivity index (χ2n) is 30.6. The first kappa shape index (κ1) is 47.9. The van der Waals surface area contributed by atoms with Crippen LogP contribution in [-0.4, -0.2) is 6.71 Å². The van der Waals surface area contributed by atoms with Crippen molar-refractivity contribution in [2.45, 2.75) is 180 Å². The Kier molecular flexibility index (Phi) is 10.0. The molecule has 8 aromatic carbocycles. The highest BCUT2D eigenvalue weighted by atomic mass is 16.3. The van der Waals surface area contributed by atoms with Gasteiger partial charge in [-0.15, -0.1) is 0 Å². The molecular formula is C78H82BN3O2. The van der Waals surface area contributed by atoms with Crippen molar-refractivity contribution in [2.75, 3.05) is 14.7 Å². The lowest BCUT2D eigenvalue weighted by Crippen LogP contribution is -2.61. The summed E-state index contributed by atoms with van der Waals surface area (Å²) in [6.45, 7) is 35.1. The zero-order valence-electron chi connectivity index (χ0n) is 57.0. The number of rotatable bonds is 5. The molecule has 5 aliphatic rings. The van der Waals surface area contributed by atoms with Gasteiger partial charge >= 0.3 is 0 Å². The van der Waals surface area contributed by atoms with Crippen LogP contribution in [0.5, 0.6) is 0 Å². The fourth-order valence-electron chi connectivity index (χ4n) is 15.7. The third kappa shape index (κ3) is 7.79. The van der Waals surface area contributed by atoms with E-state index in [9.17, 15) is 5.48 Å². The first-order valence-electron chi connectivity index (χ1n) is 33.4. The molecule has 5 nitrogen and oxygen atoms in total. The standard InChI is InChI=1S/C78H82BN3O2/c1-72(2,3)47-29-32-66-53(39-47)52-27-22-28-62(70(52)83-66)82-63-45-59-58(76(10,11)36-37-77(59,12)13)44-61(63)79-68-64(41-51(42-65(68)82)80(48-23-18-16-19-24-48)49-25-20-17-21-26-49)81(50-30-31-55-56(40-50)74(6,7)34-33-73(55,4)5)69-54-43-57-60(46-67(54)84-71(69)79)78(14,15)38-35-75(57,8)9/h16-32,39-46H,33-38H2,1-15H3/i16D,18D,19D,23D,24D. The van der Waals surface area contributed by atoms with E-state index >= 15 is 0 Å². The predicted molar refractivity (Wildman–Crippen MR) is 357 cm³/mol. The largest absolute Gasteiger partial charge is 0.468 e. The second-order valence-corrected chi connectivity index (χ2v) is 30.6. The van der Waals surface area contributed by atoms with Crippen LogP contribution in [0, 0.1) is 0 Å². The first-order chi connectivity index (χ1) is 41.8. The summed E-state index contributed by atoms with van der Waals surface area (Å²) in [5.41, 5.74) is 21.0. The number of nitrogens with zero attached hydrogens (tertiary/aromatic N) is 3. The molecule has 6 heteroatoms. The van der Waals surface area contributed by atoms with Gasteiger partial charge in [0.05, 0.1) is 29.6 Å². The smallest absolute Gasteiger partial charge is 0.297 e. The molecule has 0 spiro atoms. The van der Waals surface area contributed by atoms with Crippen molar-refractivity contribution in [2.24, 2.45) is 0 Å². The van der Waals surface area contributed by atoms with Gasteiger partial charge in [-0.1, -0.05) is 171 Å². The van der Waals surface area contributed by atoms with E-state index < -0.39 is 24.8 Å². The van der Waals surface area contributed by atoms with Gasteiger partial charge in [0.25, 0.3) is 6.71 Å². The van der Waals surface area contributed by atoms with Crippen molar-refractivity contribution in [1.29, 1.82) is 0 Å². The number of furan rings is 2. The van der Waals surface area contributed by atoms with E-state index in [4.69, 9.17) is 10.2 Å². The molecule has 0 radical (unpaired) electrons. The highest BCUT2D eigenvalue weighted by Crippen LogP contribution is 2.57. The maximum atomic E-state index is 9.79. The van der Waals surface area contributed by atoms with Crippen LogP contribution in [0.2, 0.25) is 0 Å². The van der Waals surface area contributed by atoms with Gasteiger partial charge in [-0.25, -0.2) is 0 Å². The molecule has 84 heavy (non-hydrogen) atoms. The van der Waals surface area contributed by atoms with Crippen LogP contribution in [0.25, 0.3) is 32.9 Å². The molecule has 0 N–H and O–H groups in total. The van der Waals surface area contributed by atoms with Crippen molar-refractivity contribution in [3.8, 4) is 0 Å². The third-order valence-corrected chi connectivity index (χ3v) is 21.3. The SMILES string of the molecule is [2H]c1c([2H])c([2H])c(N(c2ccccc2)c2cc3c4c(c2)N(c2cccc5c2oc2ccc(C(C)(C)C)cc25)c2cc5c(cc2B4c2oc4cc6c(cc4c2N3c2ccc3c(c2)C(C)(C)CCC3(C)C)C(C)(C)CCC6(C)C)C(C)(C)CCC5(C)C)c([2H])c1[2H]. The molecule has 0 saturated carbocycles. The van der Waals surface area contributed by atoms with E-state index in [1.165, 1.54) is 38.9 Å².